The second kappa shape index (κ2) is 3.61. The van der Waals surface area contributed by atoms with Crippen molar-refractivity contribution in [2.45, 2.75) is 0 Å². The largest absolute Gasteiger partial charge is 0.468 e. The van der Waals surface area contributed by atoms with Crippen molar-refractivity contribution in [2.24, 2.45) is 0 Å². The summed E-state index contributed by atoms with van der Waals surface area (Å²) in [4.78, 5) is 10.7. The predicted octanol–water partition coefficient (Wildman–Crippen LogP) is -0.423. The molecule has 0 aromatic carbocycles. The molecule has 6 heteroatoms. The van der Waals surface area contributed by atoms with Gasteiger partial charge >= 0.3 is 5.97 Å². The van der Waals surface area contributed by atoms with E-state index in [0.29, 0.717) is 11.5 Å². The number of esters is 1. The van der Waals surface area contributed by atoms with Gasteiger partial charge in [-0.1, -0.05) is 0 Å². The molecule has 0 spiro atoms. The monoisotopic (exact) mass is 170 g/mol. The summed E-state index contributed by atoms with van der Waals surface area (Å²) in [6, 6.07) is 0. The van der Waals surface area contributed by atoms with Crippen molar-refractivity contribution in [3.63, 3.8) is 0 Å². The molecule has 0 radical (unpaired) electrons. The molecule has 66 valence electrons. The van der Waals surface area contributed by atoms with Gasteiger partial charge in [0.1, 0.15) is 12.4 Å². The van der Waals surface area contributed by atoms with Gasteiger partial charge in [0, 0.05) is 0 Å². The third kappa shape index (κ3) is 1.88. The number of carbonyl (C=O) groups is 1. The molecule has 1 aromatic rings. The SMILES string of the molecule is COC(=O)CNc1cn[nH]c1N. The topological polar surface area (TPSA) is 93.0 Å². The number of rotatable bonds is 3. The summed E-state index contributed by atoms with van der Waals surface area (Å²) < 4.78 is 4.42. The minimum absolute atomic E-state index is 0.0836. The van der Waals surface area contributed by atoms with Crippen molar-refractivity contribution in [3.8, 4) is 0 Å². The van der Waals surface area contributed by atoms with Crippen LogP contribution in [0.25, 0.3) is 0 Å². The van der Waals surface area contributed by atoms with Crippen LogP contribution in [0.15, 0.2) is 6.20 Å². The van der Waals surface area contributed by atoms with Crippen LogP contribution < -0.4 is 11.1 Å². The third-order valence-electron chi connectivity index (χ3n) is 1.32. The van der Waals surface area contributed by atoms with Crippen LogP contribution in [-0.4, -0.2) is 29.8 Å². The highest BCUT2D eigenvalue weighted by Gasteiger charge is 2.03. The van der Waals surface area contributed by atoms with Gasteiger partial charge in [-0.25, -0.2) is 0 Å². The van der Waals surface area contributed by atoms with Gasteiger partial charge in [-0.05, 0) is 0 Å². The van der Waals surface area contributed by atoms with Crippen LogP contribution in [0, 0.1) is 0 Å². The van der Waals surface area contributed by atoms with Gasteiger partial charge in [-0.2, -0.15) is 5.10 Å². The van der Waals surface area contributed by atoms with Crippen LogP contribution in [0.3, 0.4) is 0 Å². The maximum absolute atomic E-state index is 10.7. The molecule has 0 aliphatic heterocycles. The minimum Gasteiger partial charge on any atom is -0.468 e. The fourth-order valence-electron chi connectivity index (χ4n) is 0.677. The van der Waals surface area contributed by atoms with Crippen molar-refractivity contribution in [2.75, 3.05) is 24.7 Å². The Hall–Kier alpha value is -1.72. The highest BCUT2D eigenvalue weighted by atomic mass is 16.5. The Labute approximate surface area is 69.1 Å². The predicted molar refractivity (Wildman–Crippen MR) is 43.5 cm³/mol. The van der Waals surface area contributed by atoms with Gasteiger partial charge in [0.25, 0.3) is 0 Å². The quantitative estimate of drug-likeness (QED) is 0.535. The van der Waals surface area contributed by atoms with Gasteiger partial charge in [0.05, 0.1) is 19.0 Å². The van der Waals surface area contributed by atoms with Gasteiger partial charge in [0.2, 0.25) is 0 Å². The average Bonchev–Trinajstić information content (AvgIpc) is 2.47. The van der Waals surface area contributed by atoms with Crippen molar-refractivity contribution in [1.82, 2.24) is 10.2 Å². The van der Waals surface area contributed by atoms with Gasteiger partial charge in [0.15, 0.2) is 0 Å². The van der Waals surface area contributed by atoms with Crippen LogP contribution in [0.5, 0.6) is 0 Å². The molecule has 0 amide bonds. The number of aromatic amines is 1. The van der Waals surface area contributed by atoms with Crippen molar-refractivity contribution in [1.29, 1.82) is 0 Å². The van der Waals surface area contributed by atoms with Gasteiger partial charge in [-0.15, -0.1) is 0 Å². The normalized spacial score (nSPS) is 9.42. The lowest BCUT2D eigenvalue weighted by atomic mass is 10.5. The molecular formula is C6H10N4O2. The van der Waals surface area contributed by atoms with E-state index >= 15 is 0 Å². The number of nitrogens with one attached hydrogen (secondary N) is 2. The molecule has 1 heterocycles. The number of methoxy groups -OCH3 is 1. The van der Waals surface area contributed by atoms with E-state index in [1.807, 2.05) is 0 Å². The number of hydrogen-bond acceptors (Lipinski definition) is 5. The number of H-pyrrole nitrogens is 1. The van der Waals surface area contributed by atoms with Crippen molar-refractivity contribution in [3.05, 3.63) is 6.20 Å². The van der Waals surface area contributed by atoms with E-state index in [-0.39, 0.29) is 12.5 Å². The Morgan fingerprint density at radius 2 is 2.67 bits per heavy atom. The van der Waals surface area contributed by atoms with Crippen LogP contribution in [0.1, 0.15) is 0 Å². The first kappa shape index (κ1) is 8.38. The number of anilines is 2. The average molecular weight is 170 g/mol. The minimum atomic E-state index is -0.351. The molecule has 0 fully saturated rings. The number of aromatic nitrogens is 2. The number of carbonyl (C=O) groups excluding carboxylic acids is 1. The fourth-order valence-corrected chi connectivity index (χ4v) is 0.677. The lowest BCUT2D eigenvalue weighted by molar-refractivity contribution is -0.138. The Morgan fingerprint density at radius 3 is 3.17 bits per heavy atom. The molecule has 6 nitrogen and oxygen atoms in total. The maximum Gasteiger partial charge on any atom is 0.325 e. The highest BCUT2D eigenvalue weighted by Crippen LogP contribution is 2.11. The van der Waals surface area contributed by atoms with E-state index in [9.17, 15) is 4.79 Å². The van der Waals surface area contributed by atoms with Crippen molar-refractivity contribution >= 4 is 17.5 Å². The second-order valence-electron chi connectivity index (χ2n) is 2.13. The van der Waals surface area contributed by atoms with E-state index in [1.54, 1.807) is 0 Å². The molecule has 0 unspecified atom stereocenters. The first-order valence-electron chi connectivity index (χ1n) is 3.33. The maximum atomic E-state index is 10.7. The molecule has 0 atom stereocenters. The zero-order valence-corrected chi connectivity index (χ0v) is 6.63. The molecule has 1 aromatic heterocycles. The van der Waals surface area contributed by atoms with Gasteiger partial charge in [-0.3, -0.25) is 9.89 Å². The van der Waals surface area contributed by atoms with E-state index in [0.717, 1.165) is 0 Å². The summed E-state index contributed by atoms with van der Waals surface area (Å²) in [5.74, 6) is 0.0505. The lowest BCUT2D eigenvalue weighted by Gasteiger charge is -2.01. The lowest BCUT2D eigenvalue weighted by Crippen LogP contribution is -2.15. The first-order chi connectivity index (χ1) is 5.74. The molecule has 0 bridgehead atoms. The molecular weight excluding hydrogens is 160 g/mol. The van der Waals surface area contributed by atoms with E-state index in [4.69, 9.17) is 5.73 Å². The summed E-state index contributed by atoms with van der Waals surface area (Å²) in [5, 5.41) is 8.93. The van der Waals surface area contributed by atoms with E-state index in [1.165, 1.54) is 13.3 Å². The number of ether oxygens (including phenoxy) is 1. The molecule has 12 heavy (non-hydrogen) atoms. The Balaban J connectivity index is 2.43. The number of hydrogen-bond donors (Lipinski definition) is 3. The number of nitrogen functional groups attached to an aromatic ring is 1. The Morgan fingerprint density at radius 1 is 1.92 bits per heavy atom. The summed E-state index contributed by atoms with van der Waals surface area (Å²) in [5.41, 5.74) is 6.03. The number of nitrogens with two attached hydrogens (primary N) is 1. The summed E-state index contributed by atoms with van der Waals surface area (Å²) in [6.07, 6.45) is 1.50. The Bertz CT molecular complexity index is 270. The van der Waals surface area contributed by atoms with E-state index in [2.05, 4.69) is 20.3 Å². The summed E-state index contributed by atoms with van der Waals surface area (Å²) in [7, 11) is 1.32. The molecule has 1 rings (SSSR count). The molecule has 0 saturated heterocycles. The second-order valence-corrected chi connectivity index (χ2v) is 2.13. The number of nitrogens with zero attached hydrogens (tertiary/aromatic N) is 1. The van der Waals surface area contributed by atoms with Crippen LogP contribution in [0.2, 0.25) is 0 Å². The third-order valence-corrected chi connectivity index (χ3v) is 1.32. The molecule has 0 aliphatic carbocycles. The summed E-state index contributed by atoms with van der Waals surface area (Å²) in [6.45, 7) is 0.0836. The first-order valence-corrected chi connectivity index (χ1v) is 3.33. The fraction of sp³-hybridized carbons (Fsp3) is 0.333. The van der Waals surface area contributed by atoms with Crippen LogP contribution >= 0.6 is 0 Å². The molecule has 0 aliphatic rings. The van der Waals surface area contributed by atoms with E-state index < -0.39 is 0 Å². The smallest absolute Gasteiger partial charge is 0.325 e. The standard InChI is InChI=1S/C6H10N4O2/c1-12-5(11)3-8-4-2-9-10-6(4)7/h2,8H,3H2,1H3,(H3,7,9,10). The molecule has 4 N–H and O–H groups in total. The summed E-state index contributed by atoms with van der Waals surface area (Å²) >= 11 is 0. The van der Waals surface area contributed by atoms with Crippen LogP contribution in [-0.2, 0) is 9.53 Å². The van der Waals surface area contributed by atoms with Gasteiger partial charge < -0.3 is 15.8 Å². The highest BCUT2D eigenvalue weighted by molar-refractivity contribution is 5.76. The zero-order chi connectivity index (χ0) is 8.97. The molecule has 0 saturated carbocycles. The zero-order valence-electron chi connectivity index (χ0n) is 6.63. The Kier molecular flexibility index (Phi) is 2.52. The van der Waals surface area contributed by atoms with Crippen LogP contribution in [0.4, 0.5) is 11.5 Å². The van der Waals surface area contributed by atoms with Crippen molar-refractivity contribution < 1.29 is 9.53 Å².